The monoisotopic (exact) mass is 344 g/mol. The molecule has 0 radical (unpaired) electrons. The SMILES string of the molecule is CCCCCCc1ccc(N(C)[C@H](C(=O)OC)C(C)C)c2cc[nH]c12. The van der Waals surface area contributed by atoms with Crippen molar-refractivity contribution in [2.24, 2.45) is 5.92 Å². The molecule has 4 heteroatoms. The third kappa shape index (κ3) is 4.36. The number of hydrogen-bond donors (Lipinski definition) is 1. The van der Waals surface area contributed by atoms with Crippen molar-refractivity contribution in [1.82, 2.24) is 4.98 Å². The van der Waals surface area contributed by atoms with E-state index in [0.29, 0.717) is 0 Å². The van der Waals surface area contributed by atoms with Crippen molar-refractivity contribution in [2.45, 2.75) is 58.9 Å². The summed E-state index contributed by atoms with van der Waals surface area (Å²) < 4.78 is 5.02. The standard InChI is InChI=1S/C21H32N2O2/c1-6-7-8-9-10-16-11-12-18(17-13-14-22-19(16)17)23(4)20(15(2)3)21(24)25-5/h11-15,20,22H,6-10H2,1-5H3/t20-/m0/s1. The lowest BCUT2D eigenvalue weighted by molar-refractivity contribution is -0.143. The van der Waals surface area contributed by atoms with Crippen molar-refractivity contribution in [3.05, 3.63) is 30.0 Å². The number of benzene rings is 1. The molecule has 25 heavy (non-hydrogen) atoms. The second kappa shape index (κ2) is 8.93. The highest BCUT2D eigenvalue weighted by molar-refractivity contribution is 5.96. The van der Waals surface area contributed by atoms with E-state index in [1.165, 1.54) is 49.3 Å². The normalized spacial score (nSPS) is 12.6. The van der Waals surface area contributed by atoms with Gasteiger partial charge in [0.1, 0.15) is 6.04 Å². The number of rotatable bonds is 9. The van der Waals surface area contributed by atoms with Gasteiger partial charge in [-0.25, -0.2) is 4.79 Å². The highest BCUT2D eigenvalue weighted by Gasteiger charge is 2.28. The molecule has 1 atom stereocenters. The van der Waals surface area contributed by atoms with Gasteiger partial charge in [0.25, 0.3) is 0 Å². The fraction of sp³-hybridized carbons (Fsp3) is 0.571. The topological polar surface area (TPSA) is 45.3 Å². The number of methoxy groups -OCH3 is 1. The van der Waals surface area contributed by atoms with Gasteiger partial charge in [-0.1, -0.05) is 46.1 Å². The van der Waals surface area contributed by atoms with Crippen molar-refractivity contribution in [2.75, 3.05) is 19.1 Å². The number of carbonyl (C=O) groups excluding carboxylic acids is 1. The number of nitrogens with one attached hydrogen (secondary N) is 1. The molecule has 1 aromatic carbocycles. The molecule has 0 fully saturated rings. The molecule has 0 aliphatic carbocycles. The molecule has 0 saturated carbocycles. The minimum Gasteiger partial charge on any atom is -0.467 e. The Morgan fingerprint density at radius 1 is 1.20 bits per heavy atom. The van der Waals surface area contributed by atoms with Gasteiger partial charge in [-0.15, -0.1) is 0 Å². The van der Waals surface area contributed by atoms with Crippen molar-refractivity contribution >= 4 is 22.6 Å². The van der Waals surface area contributed by atoms with Crippen molar-refractivity contribution in [1.29, 1.82) is 0 Å². The Morgan fingerprint density at radius 3 is 2.60 bits per heavy atom. The lowest BCUT2D eigenvalue weighted by Crippen LogP contribution is -2.43. The van der Waals surface area contributed by atoms with Crippen LogP contribution in [0.3, 0.4) is 0 Å². The predicted molar refractivity (Wildman–Crippen MR) is 105 cm³/mol. The number of unbranched alkanes of at least 4 members (excludes halogenated alkanes) is 3. The maximum atomic E-state index is 12.2. The van der Waals surface area contributed by atoms with Crippen LogP contribution in [0.25, 0.3) is 10.9 Å². The molecule has 0 unspecified atom stereocenters. The fourth-order valence-electron chi connectivity index (χ4n) is 3.61. The van der Waals surface area contributed by atoms with Crippen LogP contribution in [0.1, 0.15) is 52.0 Å². The number of fused-ring (bicyclic) bond motifs is 1. The summed E-state index contributed by atoms with van der Waals surface area (Å²) in [6, 6.07) is 6.15. The van der Waals surface area contributed by atoms with Gasteiger partial charge in [0.05, 0.1) is 12.6 Å². The van der Waals surface area contributed by atoms with E-state index in [2.05, 4.69) is 44.0 Å². The van der Waals surface area contributed by atoms with Gasteiger partial charge in [-0.05, 0) is 36.5 Å². The highest BCUT2D eigenvalue weighted by Crippen LogP contribution is 2.31. The largest absolute Gasteiger partial charge is 0.467 e. The summed E-state index contributed by atoms with van der Waals surface area (Å²) >= 11 is 0. The van der Waals surface area contributed by atoms with Crippen LogP contribution in [0.5, 0.6) is 0 Å². The first-order valence-corrected chi connectivity index (χ1v) is 9.40. The molecule has 0 spiro atoms. The molecular formula is C21H32N2O2. The minimum absolute atomic E-state index is 0.167. The van der Waals surface area contributed by atoms with Crippen LogP contribution < -0.4 is 4.90 Å². The zero-order valence-corrected chi connectivity index (χ0v) is 16.3. The molecule has 2 rings (SSSR count). The molecule has 4 nitrogen and oxygen atoms in total. The van der Waals surface area contributed by atoms with E-state index in [-0.39, 0.29) is 17.9 Å². The van der Waals surface area contributed by atoms with Crippen LogP contribution >= 0.6 is 0 Å². The van der Waals surface area contributed by atoms with E-state index in [9.17, 15) is 4.79 Å². The van der Waals surface area contributed by atoms with E-state index in [4.69, 9.17) is 4.74 Å². The summed E-state index contributed by atoms with van der Waals surface area (Å²) in [5.41, 5.74) is 3.61. The van der Waals surface area contributed by atoms with Gasteiger partial charge in [-0.2, -0.15) is 0 Å². The summed E-state index contributed by atoms with van der Waals surface area (Å²) in [5, 5.41) is 1.17. The van der Waals surface area contributed by atoms with Gasteiger partial charge in [-0.3, -0.25) is 0 Å². The average Bonchev–Trinajstić information content (AvgIpc) is 3.08. The molecule has 0 saturated heterocycles. The number of H-pyrrole nitrogens is 1. The van der Waals surface area contributed by atoms with Crippen LogP contribution in [0.4, 0.5) is 5.69 Å². The van der Waals surface area contributed by atoms with Crippen molar-refractivity contribution in [3.63, 3.8) is 0 Å². The average molecular weight is 344 g/mol. The quantitative estimate of drug-likeness (QED) is 0.518. The number of aromatic nitrogens is 1. The summed E-state index contributed by atoms with van der Waals surface area (Å²) in [5.74, 6) is -0.0232. The molecule has 138 valence electrons. The number of aryl methyl sites for hydroxylation is 1. The van der Waals surface area contributed by atoms with E-state index >= 15 is 0 Å². The molecule has 1 aromatic heterocycles. The Balaban J connectivity index is 2.30. The maximum absolute atomic E-state index is 12.2. The van der Waals surface area contributed by atoms with Gasteiger partial charge in [0.2, 0.25) is 0 Å². The first-order valence-electron chi connectivity index (χ1n) is 9.40. The molecule has 1 N–H and O–H groups in total. The Hall–Kier alpha value is -1.97. The minimum atomic E-state index is -0.293. The van der Waals surface area contributed by atoms with Gasteiger partial charge >= 0.3 is 5.97 Å². The Labute approximate surface area is 151 Å². The second-order valence-electron chi connectivity index (χ2n) is 7.14. The summed E-state index contributed by atoms with van der Waals surface area (Å²) in [6.07, 6.45) is 8.12. The third-order valence-corrected chi connectivity index (χ3v) is 4.96. The van der Waals surface area contributed by atoms with Crippen molar-refractivity contribution in [3.8, 4) is 0 Å². The Morgan fingerprint density at radius 2 is 1.96 bits per heavy atom. The van der Waals surface area contributed by atoms with Crippen molar-refractivity contribution < 1.29 is 9.53 Å². The molecule has 0 amide bonds. The van der Waals surface area contributed by atoms with Crippen LogP contribution in [0.2, 0.25) is 0 Å². The number of nitrogens with zero attached hydrogens (tertiary/aromatic N) is 1. The lowest BCUT2D eigenvalue weighted by Gasteiger charge is -2.31. The van der Waals surface area contributed by atoms with Gasteiger partial charge in [0.15, 0.2) is 0 Å². The first-order chi connectivity index (χ1) is 12.0. The maximum Gasteiger partial charge on any atom is 0.328 e. The van der Waals surface area contributed by atoms with Gasteiger partial charge in [0, 0.05) is 24.3 Å². The Bertz CT molecular complexity index is 690. The highest BCUT2D eigenvalue weighted by atomic mass is 16.5. The third-order valence-electron chi connectivity index (χ3n) is 4.96. The molecule has 0 bridgehead atoms. The van der Waals surface area contributed by atoms with E-state index in [1.54, 1.807) is 0 Å². The second-order valence-corrected chi connectivity index (χ2v) is 7.14. The summed E-state index contributed by atoms with van der Waals surface area (Å²) in [7, 11) is 3.43. The van der Waals surface area contributed by atoms with Crippen LogP contribution in [-0.4, -0.2) is 31.2 Å². The van der Waals surface area contributed by atoms with E-state index in [1.807, 2.05) is 18.1 Å². The Kier molecular flexibility index (Phi) is 6.91. The van der Waals surface area contributed by atoms with E-state index < -0.39 is 0 Å². The van der Waals surface area contributed by atoms with Crippen LogP contribution in [-0.2, 0) is 16.0 Å². The van der Waals surface area contributed by atoms with Crippen LogP contribution in [0, 0.1) is 5.92 Å². The zero-order chi connectivity index (χ0) is 18.4. The summed E-state index contributed by atoms with van der Waals surface area (Å²) in [6.45, 7) is 6.34. The molecule has 0 aliphatic heterocycles. The van der Waals surface area contributed by atoms with E-state index in [0.717, 1.165) is 12.1 Å². The molecule has 2 aromatic rings. The van der Waals surface area contributed by atoms with Crippen LogP contribution in [0.15, 0.2) is 24.4 Å². The molecular weight excluding hydrogens is 312 g/mol. The zero-order valence-electron chi connectivity index (χ0n) is 16.3. The lowest BCUT2D eigenvalue weighted by atomic mass is 9.99. The number of ether oxygens (including phenoxy) is 1. The molecule has 1 heterocycles. The number of hydrogen-bond acceptors (Lipinski definition) is 3. The summed E-state index contributed by atoms with van der Waals surface area (Å²) in [4.78, 5) is 17.7. The first kappa shape index (κ1) is 19.4. The number of carbonyl (C=O) groups is 1. The number of esters is 1. The van der Waals surface area contributed by atoms with Gasteiger partial charge < -0.3 is 14.6 Å². The number of likely N-dealkylation sites (N-methyl/N-ethyl adjacent to an activating group) is 1. The number of aromatic amines is 1. The smallest absolute Gasteiger partial charge is 0.328 e. The predicted octanol–water partition coefficient (Wildman–Crippen LogP) is 4.92. The number of anilines is 1. The fourth-order valence-corrected chi connectivity index (χ4v) is 3.61. The molecule has 0 aliphatic rings.